The van der Waals surface area contributed by atoms with Crippen LogP contribution in [0.15, 0.2) is 24.3 Å². The molecule has 0 aliphatic carbocycles. The van der Waals surface area contributed by atoms with Crippen LogP contribution in [0.3, 0.4) is 0 Å². The van der Waals surface area contributed by atoms with E-state index < -0.39 is 11.4 Å². The van der Waals surface area contributed by atoms with Gasteiger partial charge in [0, 0.05) is 18.9 Å². The van der Waals surface area contributed by atoms with Gasteiger partial charge in [0.15, 0.2) is 0 Å². The lowest BCUT2D eigenvalue weighted by Crippen LogP contribution is -2.53. The number of carbonyl (C=O) groups is 1. The lowest BCUT2D eigenvalue weighted by Gasteiger charge is -2.31. The van der Waals surface area contributed by atoms with Gasteiger partial charge in [-0.2, -0.15) is 0 Å². The average Bonchev–Trinajstić information content (AvgIpc) is 2.38. The van der Waals surface area contributed by atoms with E-state index in [0.717, 1.165) is 5.69 Å². The Morgan fingerprint density at radius 2 is 2.17 bits per heavy atom. The molecule has 1 unspecified atom stereocenters. The average molecular weight is 252 g/mol. The molecule has 3 N–H and O–H groups in total. The van der Waals surface area contributed by atoms with E-state index in [9.17, 15) is 4.79 Å². The molecule has 0 spiro atoms. The van der Waals surface area contributed by atoms with Gasteiger partial charge < -0.3 is 20.5 Å². The summed E-state index contributed by atoms with van der Waals surface area (Å²) in [5, 5.41) is 3.14. The molecule has 0 aromatic heterocycles. The quantitative estimate of drug-likeness (QED) is 0.769. The fourth-order valence-electron chi connectivity index (χ4n) is 1.76. The number of ether oxygens (including phenoxy) is 2. The van der Waals surface area contributed by atoms with E-state index in [1.807, 2.05) is 31.2 Å². The summed E-state index contributed by atoms with van der Waals surface area (Å²) in [4.78, 5) is 11.6. The van der Waals surface area contributed by atoms with Crippen molar-refractivity contribution in [2.45, 2.75) is 18.9 Å². The maximum Gasteiger partial charge on any atom is 0.245 e. The predicted octanol–water partition coefficient (Wildman–Crippen LogP) is 1.39. The highest BCUT2D eigenvalue weighted by molar-refractivity contribution is 5.88. The number of benzene rings is 1. The van der Waals surface area contributed by atoms with Gasteiger partial charge in [-0.3, -0.25) is 4.79 Å². The largest absolute Gasteiger partial charge is 0.497 e. The van der Waals surface area contributed by atoms with Crippen LogP contribution in [0.4, 0.5) is 5.69 Å². The van der Waals surface area contributed by atoms with Crippen molar-refractivity contribution in [2.24, 2.45) is 5.73 Å². The number of carbonyl (C=O) groups excluding carboxylic acids is 1. The van der Waals surface area contributed by atoms with Crippen molar-refractivity contribution in [3.8, 4) is 5.75 Å². The third-order valence-corrected chi connectivity index (χ3v) is 2.92. The number of anilines is 1. The third-order valence-electron chi connectivity index (χ3n) is 2.92. The van der Waals surface area contributed by atoms with Crippen LogP contribution in [-0.4, -0.2) is 32.3 Å². The molecule has 0 saturated carbocycles. The van der Waals surface area contributed by atoms with Crippen LogP contribution in [0, 0.1) is 0 Å². The highest BCUT2D eigenvalue weighted by atomic mass is 16.5. The highest BCUT2D eigenvalue weighted by Crippen LogP contribution is 2.23. The summed E-state index contributed by atoms with van der Waals surface area (Å²) in [7, 11) is 3.13. The molecule has 0 bridgehead atoms. The zero-order chi connectivity index (χ0) is 13.6. The number of amides is 1. The van der Waals surface area contributed by atoms with Crippen LogP contribution in [0.25, 0.3) is 0 Å². The Balaban J connectivity index is 2.98. The summed E-state index contributed by atoms with van der Waals surface area (Å²) in [6.07, 6.45) is 0.535. The Kier molecular flexibility index (Phi) is 4.97. The minimum atomic E-state index is -0.902. The van der Waals surface area contributed by atoms with Crippen LogP contribution in [0.5, 0.6) is 5.75 Å². The van der Waals surface area contributed by atoms with Gasteiger partial charge in [-0.25, -0.2) is 0 Å². The van der Waals surface area contributed by atoms with Gasteiger partial charge in [-0.05, 0) is 18.6 Å². The molecule has 1 atom stereocenters. The molecule has 5 heteroatoms. The Bertz CT molecular complexity index is 409. The van der Waals surface area contributed by atoms with Crippen LogP contribution in [0.2, 0.25) is 0 Å². The Morgan fingerprint density at radius 1 is 1.44 bits per heavy atom. The van der Waals surface area contributed by atoms with E-state index in [-0.39, 0.29) is 6.61 Å². The number of methoxy groups -OCH3 is 2. The molecule has 0 fully saturated rings. The fourth-order valence-corrected chi connectivity index (χ4v) is 1.76. The van der Waals surface area contributed by atoms with Crippen molar-refractivity contribution in [1.29, 1.82) is 0 Å². The van der Waals surface area contributed by atoms with E-state index in [2.05, 4.69) is 5.32 Å². The molecule has 1 amide bonds. The second-order valence-corrected chi connectivity index (χ2v) is 4.09. The molecule has 1 aromatic rings. The molecule has 100 valence electrons. The molecule has 0 aliphatic rings. The summed E-state index contributed by atoms with van der Waals surface area (Å²) in [5.74, 6) is 0.279. The van der Waals surface area contributed by atoms with Crippen LogP contribution < -0.4 is 15.8 Å². The third kappa shape index (κ3) is 3.13. The zero-order valence-corrected chi connectivity index (χ0v) is 11.0. The second kappa shape index (κ2) is 6.26. The first-order chi connectivity index (χ1) is 8.57. The molecular weight excluding hydrogens is 232 g/mol. The molecule has 0 saturated heterocycles. The molecular formula is C13H20N2O3. The summed E-state index contributed by atoms with van der Waals surface area (Å²) in [5.41, 5.74) is 5.34. The molecule has 0 aliphatic heterocycles. The normalized spacial score (nSPS) is 13.7. The maximum absolute atomic E-state index is 11.6. The summed E-state index contributed by atoms with van der Waals surface area (Å²) >= 11 is 0. The summed E-state index contributed by atoms with van der Waals surface area (Å²) in [6, 6.07) is 7.34. The Labute approximate surface area is 107 Å². The van der Waals surface area contributed by atoms with Crippen LogP contribution >= 0.6 is 0 Å². The van der Waals surface area contributed by atoms with E-state index in [1.165, 1.54) is 0 Å². The molecule has 1 rings (SSSR count). The minimum Gasteiger partial charge on any atom is -0.497 e. The Hall–Kier alpha value is -1.75. The first-order valence-electron chi connectivity index (χ1n) is 5.79. The molecule has 1 aromatic carbocycles. The maximum atomic E-state index is 11.6. The van der Waals surface area contributed by atoms with Gasteiger partial charge in [0.1, 0.15) is 11.3 Å². The first-order valence-corrected chi connectivity index (χ1v) is 5.79. The number of nitrogens with two attached hydrogens (primary N) is 1. The lowest BCUT2D eigenvalue weighted by atomic mass is 9.95. The molecule has 18 heavy (non-hydrogen) atoms. The van der Waals surface area contributed by atoms with E-state index in [0.29, 0.717) is 12.2 Å². The zero-order valence-electron chi connectivity index (χ0n) is 11.0. The monoisotopic (exact) mass is 252 g/mol. The van der Waals surface area contributed by atoms with Gasteiger partial charge in [0.05, 0.1) is 13.7 Å². The van der Waals surface area contributed by atoms with Crippen molar-refractivity contribution in [2.75, 3.05) is 26.1 Å². The van der Waals surface area contributed by atoms with E-state index in [4.69, 9.17) is 15.2 Å². The molecule has 0 radical (unpaired) electrons. The van der Waals surface area contributed by atoms with E-state index in [1.54, 1.807) is 14.2 Å². The topological polar surface area (TPSA) is 73.6 Å². The predicted molar refractivity (Wildman–Crippen MR) is 70.7 cm³/mol. The fraction of sp³-hybridized carbons (Fsp3) is 0.462. The molecule has 5 nitrogen and oxygen atoms in total. The lowest BCUT2D eigenvalue weighted by molar-refractivity contribution is -0.124. The van der Waals surface area contributed by atoms with Gasteiger partial charge >= 0.3 is 0 Å². The van der Waals surface area contributed by atoms with Gasteiger partial charge in [-0.1, -0.05) is 13.0 Å². The highest BCUT2D eigenvalue weighted by Gasteiger charge is 2.34. The Morgan fingerprint density at radius 3 is 2.67 bits per heavy atom. The summed E-state index contributed by atoms with van der Waals surface area (Å²) in [6.45, 7) is 2.10. The first kappa shape index (κ1) is 14.3. The van der Waals surface area contributed by atoms with Crippen molar-refractivity contribution in [3.63, 3.8) is 0 Å². The number of rotatable bonds is 7. The second-order valence-electron chi connectivity index (χ2n) is 4.09. The summed E-state index contributed by atoms with van der Waals surface area (Å²) < 4.78 is 10.2. The van der Waals surface area contributed by atoms with Crippen molar-refractivity contribution < 1.29 is 14.3 Å². The standard InChI is InChI=1S/C13H20N2O3/c1-4-13(9-17-2,12(14)16)15-10-6-5-7-11(8-10)18-3/h5-8,15H,4,9H2,1-3H3,(H2,14,16). The molecule has 0 heterocycles. The smallest absolute Gasteiger partial charge is 0.245 e. The SMILES string of the molecule is CCC(COC)(Nc1cccc(OC)c1)C(N)=O. The number of hydrogen-bond acceptors (Lipinski definition) is 4. The van der Waals surface area contributed by atoms with E-state index >= 15 is 0 Å². The van der Waals surface area contributed by atoms with Crippen molar-refractivity contribution in [3.05, 3.63) is 24.3 Å². The van der Waals surface area contributed by atoms with Crippen molar-refractivity contribution >= 4 is 11.6 Å². The minimum absolute atomic E-state index is 0.218. The van der Waals surface area contributed by atoms with Crippen LogP contribution in [0.1, 0.15) is 13.3 Å². The number of nitrogens with one attached hydrogen (secondary N) is 1. The van der Waals surface area contributed by atoms with Crippen LogP contribution in [-0.2, 0) is 9.53 Å². The van der Waals surface area contributed by atoms with Gasteiger partial charge in [0.25, 0.3) is 0 Å². The van der Waals surface area contributed by atoms with Gasteiger partial charge in [-0.15, -0.1) is 0 Å². The van der Waals surface area contributed by atoms with Gasteiger partial charge in [0.2, 0.25) is 5.91 Å². The van der Waals surface area contributed by atoms with Crippen molar-refractivity contribution in [1.82, 2.24) is 0 Å². The number of hydrogen-bond donors (Lipinski definition) is 2. The number of primary amides is 1.